The molecule has 0 fully saturated rings. The van der Waals surface area contributed by atoms with Crippen LogP contribution in [0.4, 0.5) is 5.69 Å². The first-order valence-corrected chi connectivity index (χ1v) is 8.64. The lowest BCUT2D eigenvalue weighted by Crippen LogP contribution is -2.13. The predicted octanol–water partition coefficient (Wildman–Crippen LogP) is 3.68. The number of H-pyrrole nitrogens is 1. The van der Waals surface area contributed by atoms with Crippen molar-refractivity contribution in [1.29, 1.82) is 0 Å². The number of fused-ring (bicyclic) bond motifs is 3. The molecule has 0 saturated heterocycles. The standard InChI is InChI=1S/C17H15N3O3S/c1-9-2-7-12-13(8-9)24-17-14(12)16(21)18-15(19-17)10-3-5-11(6-4-10)20(22)23/h3-6,9H,2,7-8H2,1H3,(H,18,19,21). The molecule has 7 heteroatoms. The van der Waals surface area contributed by atoms with Gasteiger partial charge < -0.3 is 4.98 Å². The van der Waals surface area contributed by atoms with Crippen molar-refractivity contribution < 1.29 is 4.92 Å². The average Bonchev–Trinajstić information content (AvgIpc) is 2.92. The third-order valence-corrected chi connectivity index (χ3v) is 5.67. The molecular weight excluding hydrogens is 326 g/mol. The highest BCUT2D eigenvalue weighted by Crippen LogP contribution is 2.36. The van der Waals surface area contributed by atoms with Gasteiger partial charge in [-0.25, -0.2) is 4.98 Å². The lowest BCUT2D eigenvalue weighted by molar-refractivity contribution is -0.384. The number of aromatic amines is 1. The highest BCUT2D eigenvalue weighted by Gasteiger charge is 2.23. The summed E-state index contributed by atoms with van der Waals surface area (Å²) in [6.07, 6.45) is 3.03. The predicted molar refractivity (Wildman–Crippen MR) is 93.5 cm³/mol. The van der Waals surface area contributed by atoms with Gasteiger partial charge in [0.25, 0.3) is 11.2 Å². The van der Waals surface area contributed by atoms with Gasteiger partial charge in [0.2, 0.25) is 0 Å². The van der Waals surface area contributed by atoms with Crippen molar-refractivity contribution in [3.63, 3.8) is 0 Å². The number of aromatic nitrogens is 2. The fourth-order valence-electron chi connectivity index (χ4n) is 3.23. The van der Waals surface area contributed by atoms with E-state index < -0.39 is 4.92 Å². The lowest BCUT2D eigenvalue weighted by Gasteiger charge is -2.17. The molecule has 1 unspecified atom stereocenters. The minimum Gasteiger partial charge on any atom is -0.306 e. The zero-order valence-electron chi connectivity index (χ0n) is 13.0. The molecule has 0 radical (unpaired) electrons. The Morgan fingerprint density at radius 3 is 2.79 bits per heavy atom. The van der Waals surface area contributed by atoms with Crippen molar-refractivity contribution in [2.45, 2.75) is 26.2 Å². The van der Waals surface area contributed by atoms with Crippen LogP contribution >= 0.6 is 11.3 Å². The summed E-state index contributed by atoms with van der Waals surface area (Å²) < 4.78 is 0. The van der Waals surface area contributed by atoms with Crippen LogP contribution in [0, 0.1) is 16.0 Å². The lowest BCUT2D eigenvalue weighted by atomic mass is 9.89. The summed E-state index contributed by atoms with van der Waals surface area (Å²) in [6, 6.07) is 6.05. The van der Waals surface area contributed by atoms with Crippen molar-refractivity contribution in [2.75, 3.05) is 0 Å². The molecule has 24 heavy (non-hydrogen) atoms. The van der Waals surface area contributed by atoms with Gasteiger partial charge in [0.1, 0.15) is 10.7 Å². The van der Waals surface area contributed by atoms with E-state index in [0.717, 1.165) is 29.7 Å². The quantitative estimate of drug-likeness (QED) is 0.569. The Kier molecular flexibility index (Phi) is 3.45. The van der Waals surface area contributed by atoms with Gasteiger partial charge >= 0.3 is 0 Å². The number of nitro groups is 1. The molecule has 0 bridgehead atoms. The van der Waals surface area contributed by atoms with E-state index in [9.17, 15) is 14.9 Å². The Balaban J connectivity index is 1.83. The van der Waals surface area contributed by atoms with Crippen LogP contribution in [-0.4, -0.2) is 14.9 Å². The van der Waals surface area contributed by atoms with Gasteiger partial charge in [-0.1, -0.05) is 6.92 Å². The number of nitro benzene ring substituents is 1. The fraction of sp³-hybridized carbons (Fsp3) is 0.294. The number of nitrogens with one attached hydrogen (secondary N) is 1. The topological polar surface area (TPSA) is 88.9 Å². The number of hydrogen-bond donors (Lipinski definition) is 1. The van der Waals surface area contributed by atoms with Gasteiger partial charge in [-0.05, 0) is 42.9 Å². The summed E-state index contributed by atoms with van der Waals surface area (Å²) in [5, 5.41) is 11.5. The molecular formula is C17H15N3O3S. The number of non-ortho nitro benzene ring substituents is 1. The Morgan fingerprint density at radius 2 is 2.08 bits per heavy atom. The van der Waals surface area contributed by atoms with Gasteiger partial charge in [-0.2, -0.15) is 0 Å². The van der Waals surface area contributed by atoms with Crippen LogP contribution in [-0.2, 0) is 12.8 Å². The van der Waals surface area contributed by atoms with Gasteiger partial charge in [0, 0.05) is 22.6 Å². The van der Waals surface area contributed by atoms with E-state index >= 15 is 0 Å². The second kappa shape index (κ2) is 5.52. The normalized spacial score (nSPS) is 17.0. The van der Waals surface area contributed by atoms with Gasteiger partial charge in [-0.3, -0.25) is 14.9 Å². The number of rotatable bonds is 2. The molecule has 1 aliphatic rings. The Morgan fingerprint density at radius 1 is 1.33 bits per heavy atom. The summed E-state index contributed by atoms with van der Waals surface area (Å²) in [5.74, 6) is 1.09. The van der Waals surface area contributed by atoms with Crippen molar-refractivity contribution >= 4 is 27.2 Å². The maximum absolute atomic E-state index is 12.6. The number of hydrogen-bond acceptors (Lipinski definition) is 5. The largest absolute Gasteiger partial charge is 0.306 e. The smallest absolute Gasteiger partial charge is 0.269 e. The Hall–Kier alpha value is -2.54. The first-order valence-electron chi connectivity index (χ1n) is 7.82. The molecule has 0 aliphatic heterocycles. The van der Waals surface area contributed by atoms with Crippen molar-refractivity contribution in [3.05, 3.63) is 55.2 Å². The highest BCUT2D eigenvalue weighted by atomic mass is 32.1. The molecule has 6 nitrogen and oxygen atoms in total. The second-order valence-electron chi connectivity index (χ2n) is 6.25. The van der Waals surface area contributed by atoms with Crippen LogP contribution in [0.25, 0.3) is 21.6 Å². The monoisotopic (exact) mass is 341 g/mol. The maximum Gasteiger partial charge on any atom is 0.269 e. The van der Waals surface area contributed by atoms with Crippen LogP contribution in [0.2, 0.25) is 0 Å². The molecule has 1 N–H and O–H groups in total. The van der Waals surface area contributed by atoms with Crippen LogP contribution in [0.1, 0.15) is 23.8 Å². The van der Waals surface area contributed by atoms with E-state index in [4.69, 9.17) is 0 Å². The molecule has 1 atom stereocenters. The van der Waals surface area contributed by atoms with E-state index in [2.05, 4.69) is 16.9 Å². The Bertz CT molecular complexity index is 1000. The summed E-state index contributed by atoms with van der Waals surface area (Å²) in [4.78, 5) is 32.3. The summed E-state index contributed by atoms with van der Waals surface area (Å²) in [5.41, 5.74) is 1.71. The minimum absolute atomic E-state index is 0.0164. The number of thiophene rings is 1. The molecule has 4 rings (SSSR count). The van der Waals surface area contributed by atoms with Crippen LogP contribution in [0.5, 0.6) is 0 Å². The number of aryl methyl sites for hydroxylation is 1. The second-order valence-corrected chi connectivity index (χ2v) is 7.33. The zero-order valence-corrected chi connectivity index (χ0v) is 13.9. The minimum atomic E-state index is -0.447. The van der Waals surface area contributed by atoms with Gasteiger partial charge in [0.15, 0.2) is 0 Å². The fourth-order valence-corrected chi connectivity index (χ4v) is 4.61. The van der Waals surface area contributed by atoms with E-state index in [0.29, 0.717) is 22.7 Å². The van der Waals surface area contributed by atoms with Gasteiger partial charge in [0.05, 0.1) is 10.3 Å². The number of benzene rings is 1. The summed E-state index contributed by atoms with van der Waals surface area (Å²) in [6.45, 7) is 2.23. The van der Waals surface area contributed by atoms with E-state index in [1.165, 1.54) is 17.0 Å². The third-order valence-electron chi connectivity index (χ3n) is 4.52. The van der Waals surface area contributed by atoms with Crippen LogP contribution < -0.4 is 5.56 Å². The van der Waals surface area contributed by atoms with Crippen LogP contribution in [0.15, 0.2) is 29.1 Å². The first-order chi connectivity index (χ1) is 11.5. The number of nitrogens with zero attached hydrogens (tertiary/aromatic N) is 2. The molecule has 3 aromatic rings. The van der Waals surface area contributed by atoms with Crippen molar-refractivity contribution in [3.8, 4) is 11.4 Å². The van der Waals surface area contributed by atoms with E-state index in [1.807, 2.05) is 0 Å². The molecule has 0 amide bonds. The molecule has 1 aliphatic carbocycles. The average molecular weight is 341 g/mol. The highest BCUT2D eigenvalue weighted by molar-refractivity contribution is 7.18. The molecule has 2 aromatic heterocycles. The molecule has 1 aromatic carbocycles. The van der Waals surface area contributed by atoms with Crippen molar-refractivity contribution in [1.82, 2.24) is 9.97 Å². The molecule has 2 heterocycles. The van der Waals surface area contributed by atoms with Crippen molar-refractivity contribution in [2.24, 2.45) is 5.92 Å². The van der Waals surface area contributed by atoms with Gasteiger partial charge in [-0.15, -0.1) is 11.3 Å². The summed E-state index contributed by atoms with van der Waals surface area (Å²) in [7, 11) is 0. The SMILES string of the molecule is CC1CCc2c(sc3nc(-c4ccc([N+](=O)[O-])cc4)[nH]c(=O)c23)C1. The Labute approximate surface area is 141 Å². The molecule has 0 saturated carbocycles. The first kappa shape index (κ1) is 15.0. The molecule has 0 spiro atoms. The summed E-state index contributed by atoms with van der Waals surface area (Å²) >= 11 is 1.60. The zero-order chi connectivity index (χ0) is 16.8. The van der Waals surface area contributed by atoms with E-state index in [1.54, 1.807) is 23.5 Å². The van der Waals surface area contributed by atoms with E-state index in [-0.39, 0.29) is 11.2 Å². The maximum atomic E-state index is 12.6. The third kappa shape index (κ3) is 2.41. The van der Waals surface area contributed by atoms with Crippen LogP contribution in [0.3, 0.4) is 0 Å². The molecule has 122 valence electrons.